The van der Waals surface area contributed by atoms with Crippen LogP contribution >= 0.6 is 0 Å². The lowest BCUT2D eigenvalue weighted by molar-refractivity contribution is 0.136. The smallest absolute Gasteiger partial charge is 0.279 e. The van der Waals surface area contributed by atoms with Crippen LogP contribution in [-0.2, 0) is 10.2 Å². The van der Waals surface area contributed by atoms with E-state index >= 15 is 0 Å². The van der Waals surface area contributed by atoms with Gasteiger partial charge in [-0.25, -0.2) is 0 Å². The number of nitrogens with one attached hydrogen (secondary N) is 1. The van der Waals surface area contributed by atoms with E-state index in [1.165, 1.54) is 31.7 Å². The summed E-state index contributed by atoms with van der Waals surface area (Å²) >= 11 is 0. The van der Waals surface area contributed by atoms with Gasteiger partial charge in [-0.05, 0) is 25.7 Å². The third-order valence-corrected chi connectivity index (χ3v) is 5.15. The second kappa shape index (κ2) is 7.21. The van der Waals surface area contributed by atoms with Gasteiger partial charge in [0.2, 0.25) is 11.8 Å². The lowest BCUT2D eigenvalue weighted by Gasteiger charge is -2.29. The minimum atomic E-state index is -3.38. The molecule has 1 fully saturated rings. The number of ether oxygens (including phenoxy) is 2. The van der Waals surface area contributed by atoms with Crippen molar-refractivity contribution in [1.29, 1.82) is 0 Å². The van der Waals surface area contributed by atoms with Gasteiger partial charge >= 0.3 is 0 Å². The Morgan fingerprint density at radius 2 is 1.82 bits per heavy atom. The molecule has 8 nitrogen and oxygen atoms in total. The first-order valence-corrected chi connectivity index (χ1v) is 8.57. The molecule has 0 amide bonds. The number of aromatic nitrogens is 2. The fourth-order valence-corrected chi connectivity index (χ4v) is 3.14. The maximum absolute atomic E-state index is 11.8. The zero-order valence-corrected chi connectivity index (χ0v) is 13.8. The molecule has 1 saturated carbocycles. The van der Waals surface area contributed by atoms with E-state index in [9.17, 15) is 8.42 Å². The van der Waals surface area contributed by atoms with E-state index < -0.39 is 10.2 Å². The highest BCUT2D eigenvalue weighted by Gasteiger charge is 2.26. The van der Waals surface area contributed by atoms with Crippen molar-refractivity contribution >= 4 is 10.2 Å². The fourth-order valence-electron chi connectivity index (χ4n) is 2.27. The lowest BCUT2D eigenvalue weighted by atomic mass is 9.94. The summed E-state index contributed by atoms with van der Waals surface area (Å²) in [7, 11) is 1.17. The third-order valence-electron chi connectivity index (χ3n) is 3.56. The first-order chi connectivity index (χ1) is 10.4. The van der Waals surface area contributed by atoms with E-state index in [2.05, 4.69) is 14.7 Å². The van der Waals surface area contributed by atoms with Crippen molar-refractivity contribution in [3.8, 4) is 11.8 Å². The zero-order chi connectivity index (χ0) is 16.2. The molecule has 0 atom stereocenters. The summed E-state index contributed by atoms with van der Waals surface area (Å²) in [5.74, 6) is 0.835. The molecule has 1 aliphatic rings. The molecule has 124 valence electrons. The number of rotatable bonds is 6. The van der Waals surface area contributed by atoms with E-state index in [1.54, 1.807) is 6.20 Å². The van der Waals surface area contributed by atoms with Crippen LogP contribution in [0.3, 0.4) is 0 Å². The van der Waals surface area contributed by atoms with E-state index in [1.807, 2.05) is 0 Å². The van der Waals surface area contributed by atoms with Gasteiger partial charge in [-0.15, -0.1) is 0 Å². The van der Waals surface area contributed by atoms with Crippen molar-refractivity contribution in [1.82, 2.24) is 19.0 Å². The van der Waals surface area contributed by atoms with Crippen LogP contribution in [-0.4, -0.2) is 56.0 Å². The summed E-state index contributed by atoms with van der Waals surface area (Å²) in [5.41, 5.74) is 0. The maximum atomic E-state index is 11.8. The number of hydrogen-bond acceptors (Lipinski definition) is 6. The molecule has 0 radical (unpaired) electrons. The molecule has 2 rings (SSSR count). The van der Waals surface area contributed by atoms with Crippen molar-refractivity contribution < 1.29 is 17.9 Å². The van der Waals surface area contributed by atoms with Crippen molar-refractivity contribution in [2.75, 3.05) is 21.2 Å². The molecule has 1 N–H and O–H groups in total. The van der Waals surface area contributed by atoms with Gasteiger partial charge in [0, 0.05) is 20.1 Å². The van der Waals surface area contributed by atoms with Crippen LogP contribution in [0.5, 0.6) is 11.8 Å². The Bertz CT molecular complexity index is 585. The first kappa shape index (κ1) is 16.9. The highest BCUT2D eigenvalue weighted by molar-refractivity contribution is 7.87. The molecule has 9 heteroatoms. The first-order valence-electron chi connectivity index (χ1n) is 7.13. The van der Waals surface area contributed by atoms with Gasteiger partial charge in [0.1, 0.15) is 6.10 Å². The Morgan fingerprint density at radius 1 is 1.18 bits per heavy atom. The fraction of sp³-hybridized carbons (Fsp3) is 0.692. The van der Waals surface area contributed by atoms with E-state index in [0.717, 1.165) is 25.7 Å². The molecule has 1 aromatic rings. The quantitative estimate of drug-likeness (QED) is 0.820. The highest BCUT2D eigenvalue weighted by Crippen LogP contribution is 2.24. The van der Waals surface area contributed by atoms with Gasteiger partial charge in [0.25, 0.3) is 10.2 Å². The van der Waals surface area contributed by atoms with Gasteiger partial charge in [-0.3, -0.25) is 4.98 Å². The molecule has 0 aliphatic heterocycles. The van der Waals surface area contributed by atoms with Gasteiger partial charge in [-0.1, -0.05) is 0 Å². The van der Waals surface area contributed by atoms with Crippen LogP contribution < -0.4 is 14.2 Å². The van der Waals surface area contributed by atoms with Crippen molar-refractivity contribution in [2.45, 2.75) is 37.8 Å². The molecule has 1 heterocycles. The molecule has 0 unspecified atom stereocenters. The predicted molar refractivity (Wildman–Crippen MR) is 81.0 cm³/mol. The van der Waals surface area contributed by atoms with Crippen molar-refractivity contribution in [2.24, 2.45) is 0 Å². The average molecular weight is 330 g/mol. The topological polar surface area (TPSA) is 93.7 Å². The molecule has 22 heavy (non-hydrogen) atoms. The summed E-state index contributed by atoms with van der Waals surface area (Å²) in [6.07, 6.45) is 6.06. The van der Waals surface area contributed by atoms with Gasteiger partial charge in [-0.2, -0.15) is 22.4 Å². The Kier molecular flexibility index (Phi) is 5.54. The van der Waals surface area contributed by atoms with Crippen LogP contribution in [0.4, 0.5) is 0 Å². The summed E-state index contributed by atoms with van der Waals surface area (Å²) in [5, 5.41) is 0. The molecule has 0 aromatic carbocycles. The van der Waals surface area contributed by atoms with Crippen LogP contribution in [0.15, 0.2) is 12.4 Å². The van der Waals surface area contributed by atoms with Crippen LogP contribution in [0, 0.1) is 0 Å². The third kappa shape index (κ3) is 4.52. The second-order valence-electron chi connectivity index (χ2n) is 5.40. The Labute approximate surface area is 131 Å². The van der Waals surface area contributed by atoms with E-state index in [-0.39, 0.29) is 12.1 Å². The number of hydrogen-bond donors (Lipinski definition) is 1. The SMILES string of the molecule is COc1cncc(OC2CCC(NS(=O)(=O)N(C)C)CC2)n1. The van der Waals surface area contributed by atoms with E-state index in [4.69, 9.17) is 9.47 Å². The van der Waals surface area contributed by atoms with Gasteiger partial charge in [0.15, 0.2) is 0 Å². The molecule has 1 aromatic heterocycles. The highest BCUT2D eigenvalue weighted by atomic mass is 32.2. The maximum Gasteiger partial charge on any atom is 0.279 e. The molecule has 1 aliphatic carbocycles. The van der Waals surface area contributed by atoms with Crippen molar-refractivity contribution in [3.05, 3.63) is 12.4 Å². The van der Waals surface area contributed by atoms with Crippen molar-refractivity contribution in [3.63, 3.8) is 0 Å². The molecule has 0 spiro atoms. The summed E-state index contributed by atoms with van der Waals surface area (Å²) in [6, 6.07) is -0.0522. The minimum absolute atomic E-state index is 0.0153. The lowest BCUT2D eigenvalue weighted by Crippen LogP contribution is -2.44. The van der Waals surface area contributed by atoms with Crippen LogP contribution in [0.2, 0.25) is 0 Å². The molecular weight excluding hydrogens is 308 g/mol. The van der Waals surface area contributed by atoms with Crippen LogP contribution in [0.25, 0.3) is 0 Å². The van der Waals surface area contributed by atoms with Gasteiger partial charge < -0.3 is 9.47 Å². The number of nitrogens with zero attached hydrogens (tertiary/aromatic N) is 3. The summed E-state index contributed by atoms with van der Waals surface area (Å²) < 4.78 is 38.2. The minimum Gasteiger partial charge on any atom is -0.480 e. The Balaban J connectivity index is 1.84. The largest absolute Gasteiger partial charge is 0.480 e. The summed E-state index contributed by atoms with van der Waals surface area (Å²) in [6.45, 7) is 0. The Morgan fingerprint density at radius 3 is 2.41 bits per heavy atom. The summed E-state index contributed by atoms with van der Waals surface area (Å²) in [4.78, 5) is 8.16. The Hall–Kier alpha value is -1.45. The van der Waals surface area contributed by atoms with Crippen LogP contribution in [0.1, 0.15) is 25.7 Å². The molecular formula is C13H22N4O4S. The van der Waals surface area contributed by atoms with E-state index in [0.29, 0.717) is 11.8 Å². The number of methoxy groups -OCH3 is 1. The zero-order valence-electron chi connectivity index (χ0n) is 13.0. The standard InChI is InChI=1S/C13H22N4O4S/c1-17(2)22(18,19)16-10-4-6-11(7-5-10)21-13-9-14-8-12(15-13)20-3/h8-11,16H,4-7H2,1-3H3. The average Bonchev–Trinajstić information content (AvgIpc) is 2.49. The normalized spacial score (nSPS) is 22.5. The monoisotopic (exact) mass is 330 g/mol. The predicted octanol–water partition coefficient (Wildman–Crippen LogP) is 0.571. The molecule has 0 bridgehead atoms. The molecule has 0 saturated heterocycles. The van der Waals surface area contributed by atoms with Gasteiger partial charge in [0.05, 0.1) is 19.5 Å². The second-order valence-corrected chi connectivity index (χ2v) is 7.31.